The molecule has 6 heteroatoms. The molecule has 0 heterocycles. The van der Waals surface area contributed by atoms with Crippen LogP contribution in [0.25, 0.3) is 0 Å². The number of rotatable bonds is 45. The van der Waals surface area contributed by atoms with Crippen LogP contribution in [0.4, 0.5) is 0 Å². The van der Waals surface area contributed by atoms with Gasteiger partial charge in [0, 0.05) is 6.42 Å². The quantitative estimate of drug-likeness (QED) is 0.0322. The summed E-state index contributed by atoms with van der Waals surface area (Å²) in [6.45, 7) is 6.35. The molecule has 3 unspecified atom stereocenters. The largest absolute Gasteiger partial charge is 0.462 e. The van der Waals surface area contributed by atoms with Crippen molar-refractivity contribution in [1.82, 2.24) is 5.32 Å². The van der Waals surface area contributed by atoms with Crippen molar-refractivity contribution in [3.05, 3.63) is 60.8 Å². The third-order valence-electron chi connectivity index (χ3n) is 11.4. The Morgan fingerprint density at radius 2 is 0.883 bits per heavy atom. The number of carbonyl (C=O) groups is 2. The van der Waals surface area contributed by atoms with Crippen LogP contribution >= 0.6 is 0 Å². The fraction of sp³-hybridized carbons (Fsp3) is 0.778. The SMILES string of the molecule is CC/C=C\C/C=C\C/C=C\C/C=C\C/C=C\CCCC(=O)OC(CCCCCCCCCCC)CC(=O)NC(CO)C(O)CCCCCCCCCCCCCCCCC. The van der Waals surface area contributed by atoms with Gasteiger partial charge in [-0.15, -0.1) is 0 Å². The highest BCUT2D eigenvalue weighted by atomic mass is 16.5. The first-order chi connectivity index (χ1) is 29.5. The molecule has 0 aromatic rings. The lowest BCUT2D eigenvalue weighted by molar-refractivity contribution is -0.151. The third kappa shape index (κ3) is 42.3. The monoisotopic (exact) mass is 840 g/mol. The van der Waals surface area contributed by atoms with Gasteiger partial charge < -0.3 is 20.3 Å². The number of hydrogen-bond acceptors (Lipinski definition) is 5. The van der Waals surface area contributed by atoms with Crippen molar-refractivity contribution in [2.24, 2.45) is 0 Å². The Morgan fingerprint density at radius 1 is 0.500 bits per heavy atom. The number of esters is 1. The smallest absolute Gasteiger partial charge is 0.306 e. The average Bonchev–Trinajstić information content (AvgIpc) is 3.24. The highest BCUT2D eigenvalue weighted by Crippen LogP contribution is 2.18. The summed E-state index contributed by atoms with van der Waals surface area (Å²) in [6.07, 6.45) is 58.6. The minimum absolute atomic E-state index is 0.0553. The Bertz CT molecular complexity index is 1080. The molecule has 348 valence electrons. The highest BCUT2D eigenvalue weighted by Gasteiger charge is 2.24. The molecule has 0 aliphatic carbocycles. The van der Waals surface area contributed by atoms with Crippen molar-refractivity contribution >= 4 is 11.9 Å². The molecule has 0 aromatic carbocycles. The molecule has 0 radical (unpaired) electrons. The second-order valence-corrected chi connectivity index (χ2v) is 17.2. The van der Waals surface area contributed by atoms with Crippen LogP contribution in [0.2, 0.25) is 0 Å². The van der Waals surface area contributed by atoms with Gasteiger partial charge in [-0.1, -0.05) is 229 Å². The standard InChI is InChI=1S/C54H97NO5/c1-4-7-10-13-16-19-21-23-25-26-28-30-32-35-38-41-44-47-54(59)60-50(45-42-39-36-33-18-15-12-9-6-3)48-53(58)55-51(49-56)52(57)46-43-40-37-34-31-29-27-24-22-20-17-14-11-8-5-2/h7,10,16,19,23,25,28,30,35,38,50-52,56-57H,4-6,8-9,11-15,17-18,20-22,24,26-27,29,31-34,36-37,39-49H2,1-3H3,(H,55,58)/b10-7-,19-16-,25-23-,30-28-,38-35-. The molecule has 0 aliphatic heterocycles. The number of nitrogens with one attached hydrogen (secondary N) is 1. The number of carbonyl (C=O) groups excluding carboxylic acids is 2. The van der Waals surface area contributed by atoms with Gasteiger partial charge in [-0.05, 0) is 64.2 Å². The lowest BCUT2D eigenvalue weighted by Gasteiger charge is -2.24. The Kier molecular flexibility index (Phi) is 45.7. The van der Waals surface area contributed by atoms with Crippen molar-refractivity contribution in [2.75, 3.05) is 6.61 Å². The predicted octanol–water partition coefficient (Wildman–Crippen LogP) is 15.2. The van der Waals surface area contributed by atoms with Gasteiger partial charge >= 0.3 is 5.97 Å². The molecule has 0 bridgehead atoms. The van der Waals surface area contributed by atoms with Gasteiger partial charge in [0.15, 0.2) is 0 Å². The second kappa shape index (κ2) is 47.6. The van der Waals surface area contributed by atoms with Gasteiger partial charge in [0.05, 0.1) is 25.2 Å². The number of allylic oxidation sites excluding steroid dienone is 10. The summed E-state index contributed by atoms with van der Waals surface area (Å²) < 4.78 is 5.88. The first-order valence-electron chi connectivity index (χ1n) is 25.5. The molecule has 0 aliphatic rings. The summed E-state index contributed by atoms with van der Waals surface area (Å²) in [5.74, 6) is -0.542. The molecular weight excluding hydrogens is 743 g/mol. The van der Waals surface area contributed by atoms with E-state index in [1.165, 1.54) is 116 Å². The van der Waals surface area contributed by atoms with E-state index in [1.54, 1.807) is 0 Å². The number of unbranched alkanes of at least 4 members (excludes halogenated alkanes) is 23. The summed E-state index contributed by atoms with van der Waals surface area (Å²) in [6, 6.07) is -0.711. The summed E-state index contributed by atoms with van der Waals surface area (Å²) in [5, 5.41) is 23.7. The molecule has 6 nitrogen and oxygen atoms in total. The van der Waals surface area contributed by atoms with Crippen molar-refractivity contribution in [3.63, 3.8) is 0 Å². The summed E-state index contributed by atoms with van der Waals surface area (Å²) >= 11 is 0. The van der Waals surface area contributed by atoms with E-state index in [1.807, 2.05) is 0 Å². The van der Waals surface area contributed by atoms with Crippen LogP contribution in [0.15, 0.2) is 60.8 Å². The van der Waals surface area contributed by atoms with Crippen LogP contribution in [0, 0.1) is 0 Å². The maximum Gasteiger partial charge on any atom is 0.306 e. The second-order valence-electron chi connectivity index (χ2n) is 17.2. The average molecular weight is 840 g/mol. The minimum Gasteiger partial charge on any atom is -0.462 e. The zero-order chi connectivity index (χ0) is 43.8. The van der Waals surface area contributed by atoms with Crippen molar-refractivity contribution in [2.45, 2.75) is 264 Å². The maximum atomic E-state index is 13.2. The normalized spacial score (nSPS) is 13.8. The lowest BCUT2D eigenvalue weighted by atomic mass is 10.0. The zero-order valence-corrected chi connectivity index (χ0v) is 39.6. The fourth-order valence-electron chi connectivity index (χ4n) is 7.52. The van der Waals surface area contributed by atoms with Gasteiger partial charge in [-0.3, -0.25) is 9.59 Å². The maximum absolute atomic E-state index is 13.2. The molecule has 0 spiro atoms. The van der Waals surface area contributed by atoms with E-state index in [0.717, 1.165) is 77.0 Å². The molecule has 0 aromatic heterocycles. The van der Waals surface area contributed by atoms with E-state index in [9.17, 15) is 19.8 Å². The first kappa shape index (κ1) is 57.6. The zero-order valence-electron chi connectivity index (χ0n) is 39.6. The molecule has 0 saturated heterocycles. The van der Waals surface area contributed by atoms with E-state index in [2.05, 4.69) is 86.8 Å². The van der Waals surface area contributed by atoms with E-state index in [-0.39, 0.29) is 24.9 Å². The topological polar surface area (TPSA) is 95.9 Å². The van der Waals surface area contributed by atoms with Gasteiger partial charge in [-0.25, -0.2) is 0 Å². The Hall–Kier alpha value is -2.44. The van der Waals surface area contributed by atoms with Crippen LogP contribution in [0.3, 0.4) is 0 Å². The third-order valence-corrected chi connectivity index (χ3v) is 11.4. The van der Waals surface area contributed by atoms with Gasteiger partial charge in [0.1, 0.15) is 6.10 Å². The Morgan fingerprint density at radius 3 is 1.30 bits per heavy atom. The van der Waals surface area contributed by atoms with E-state index >= 15 is 0 Å². The van der Waals surface area contributed by atoms with Crippen LogP contribution in [-0.2, 0) is 14.3 Å². The molecule has 60 heavy (non-hydrogen) atoms. The number of aliphatic hydroxyl groups excluding tert-OH is 2. The molecule has 0 rings (SSSR count). The van der Waals surface area contributed by atoms with Crippen molar-refractivity contribution in [3.8, 4) is 0 Å². The fourth-order valence-corrected chi connectivity index (χ4v) is 7.52. The van der Waals surface area contributed by atoms with Gasteiger partial charge in [-0.2, -0.15) is 0 Å². The van der Waals surface area contributed by atoms with Crippen LogP contribution in [-0.4, -0.2) is 46.9 Å². The lowest BCUT2D eigenvalue weighted by Crippen LogP contribution is -2.46. The summed E-state index contributed by atoms with van der Waals surface area (Å²) in [4.78, 5) is 26.0. The van der Waals surface area contributed by atoms with Crippen LogP contribution in [0.5, 0.6) is 0 Å². The minimum atomic E-state index is -0.796. The molecule has 3 N–H and O–H groups in total. The molecule has 0 saturated carbocycles. The predicted molar refractivity (Wildman–Crippen MR) is 259 cm³/mol. The molecule has 3 atom stereocenters. The summed E-state index contributed by atoms with van der Waals surface area (Å²) in [7, 11) is 0. The summed E-state index contributed by atoms with van der Waals surface area (Å²) in [5.41, 5.74) is 0. The van der Waals surface area contributed by atoms with E-state index < -0.39 is 18.2 Å². The van der Waals surface area contributed by atoms with E-state index in [4.69, 9.17) is 4.74 Å². The first-order valence-corrected chi connectivity index (χ1v) is 25.5. The Labute approximate surface area is 371 Å². The van der Waals surface area contributed by atoms with Crippen LogP contribution in [0.1, 0.15) is 245 Å². The number of ether oxygens (including phenoxy) is 1. The molecular formula is C54H97NO5. The van der Waals surface area contributed by atoms with Crippen LogP contribution < -0.4 is 5.32 Å². The van der Waals surface area contributed by atoms with E-state index in [0.29, 0.717) is 25.7 Å². The van der Waals surface area contributed by atoms with Crippen molar-refractivity contribution < 1.29 is 24.5 Å². The number of hydrogen-bond donors (Lipinski definition) is 3. The number of amides is 1. The van der Waals surface area contributed by atoms with Gasteiger partial charge in [0.2, 0.25) is 5.91 Å². The van der Waals surface area contributed by atoms with Crippen molar-refractivity contribution in [1.29, 1.82) is 0 Å². The Balaban J connectivity index is 4.54. The highest BCUT2D eigenvalue weighted by molar-refractivity contribution is 5.77. The molecule has 1 amide bonds. The number of aliphatic hydroxyl groups is 2. The van der Waals surface area contributed by atoms with Gasteiger partial charge in [0.25, 0.3) is 0 Å². The molecule has 0 fully saturated rings.